The first-order valence-corrected chi connectivity index (χ1v) is 10.9. The molecule has 1 saturated heterocycles. The van der Waals surface area contributed by atoms with Gasteiger partial charge in [0.1, 0.15) is 25.0 Å². The Hall–Kier alpha value is -2.82. The van der Waals surface area contributed by atoms with Gasteiger partial charge in [-0.3, -0.25) is 14.4 Å². The van der Waals surface area contributed by atoms with Crippen molar-refractivity contribution in [1.29, 1.82) is 0 Å². The third-order valence-corrected chi connectivity index (χ3v) is 5.67. The van der Waals surface area contributed by atoms with Crippen molar-refractivity contribution in [2.75, 3.05) is 25.5 Å². The molecule has 0 unspecified atom stereocenters. The zero-order chi connectivity index (χ0) is 24.2. The fourth-order valence-electron chi connectivity index (χ4n) is 4.03. The van der Waals surface area contributed by atoms with Gasteiger partial charge in [0, 0.05) is 19.2 Å². The summed E-state index contributed by atoms with van der Waals surface area (Å²) in [7, 11) is 1.65. The second kappa shape index (κ2) is 10.4. The quantitative estimate of drug-likeness (QED) is 0.665. The molecule has 2 aliphatic rings. The number of rotatable bonds is 6. The van der Waals surface area contributed by atoms with Gasteiger partial charge in [0.25, 0.3) is 5.91 Å². The number of carbonyl (C=O) groups excluding carboxylic acids is 3. The molecule has 3 atom stereocenters. The number of anilines is 1. The van der Waals surface area contributed by atoms with E-state index in [1.807, 2.05) is 12.2 Å². The van der Waals surface area contributed by atoms with Crippen molar-refractivity contribution in [3.8, 4) is 5.75 Å². The Kier molecular flexibility index (Phi) is 7.83. The average molecular weight is 471 g/mol. The van der Waals surface area contributed by atoms with E-state index in [-0.39, 0.29) is 30.9 Å². The number of hydrogen-bond donors (Lipinski definition) is 2. The highest BCUT2D eigenvalue weighted by molar-refractivity contribution is 5.99. The van der Waals surface area contributed by atoms with Crippen LogP contribution in [0.25, 0.3) is 0 Å². The fourth-order valence-corrected chi connectivity index (χ4v) is 4.03. The molecule has 0 bridgehead atoms. The second-order valence-electron chi connectivity index (χ2n) is 8.27. The highest BCUT2D eigenvalue weighted by Crippen LogP contribution is 2.32. The summed E-state index contributed by atoms with van der Waals surface area (Å²) in [6.45, 7) is 0.620. The molecule has 2 N–H and O–H groups in total. The van der Waals surface area contributed by atoms with Crippen LogP contribution in [0, 0.1) is 0 Å². The van der Waals surface area contributed by atoms with E-state index in [9.17, 15) is 27.6 Å². The van der Waals surface area contributed by atoms with E-state index in [1.54, 1.807) is 30.1 Å². The minimum atomic E-state index is -4.48. The molecule has 0 saturated carbocycles. The third-order valence-electron chi connectivity index (χ3n) is 5.67. The van der Waals surface area contributed by atoms with Gasteiger partial charge < -0.3 is 25.0 Å². The molecule has 33 heavy (non-hydrogen) atoms. The first kappa shape index (κ1) is 24.8. The Morgan fingerprint density at radius 1 is 1.21 bits per heavy atom. The van der Waals surface area contributed by atoms with E-state index in [2.05, 4.69) is 5.32 Å². The molecule has 8 nitrogen and oxygen atoms in total. The van der Waals surface area contributed by atoms with Crippen molar-refractivity contribution in [3.05, 3.63) is 23.8 Å². The number of halogens is 3. The van der Waals surface area contributed by atoms with Gasteiger partial charge in [0.2, 0.25) is 11.8 Å². The van der Waals surface area contributed by atoms with Crippen molar-refractivity contribution < 1.29 is 37.0 Å². The summed E-state index contributed by atoms with van der Waals surface area (Å²) in [6, 6.07) is 4.51. The number of carbonyl (C=O) groups is 3. The third kappa shape index (κ3) is 6.59. The van der Waals surface area contributed by atoms with Crippen LogP contribution in [0.1, 0.15) is 49.4 Å². The van der Waals surface area contributed by atoms with Crippen LogP contribution in [0.15, 0.2) is 18.2 Å². The molecule has 0 radical (unpaired) electrons. The van der Waals surface area contributed by atoms with Crippen LogP contribution in [0.4, 0.5) is 18.9 Å². The van der Waals surface area contributed by atoms with Gasteiger partial charge in [-0.05, 0) is 37.5 Å². The number of amides is 3. The molecule has 0 spiro atoms. The Morgan fingerprint density at radius 3 is 2.67 bits per heavy atom. The first-order valence-electron chi connectivity index (χ1n) is 10.9. The number of likely N-dealkylation sites (N-methyl/N-ethyl adjacent to an activating group) is 1. The second-order valence-corrected chi connectivity index (χ2v) is 8.27. The maximum atomic E-state index is 13.2. The van der Waals surface area contributed by atoms with Crippen LogP contribution >= 0.6 is 0 Å². The van der Waals surface area contributed by atoms with Crippen LogP contribution < -0.4 is 15.4 Å². The van der Waals surface area contributed by atoms with Crippen LogP contribution in [-0.4, -0.2) is 67.2 Å². The lowest BCUT2D eigenvalue weighted by Crippen LogP contribution is -2.54. The molecule has 3 amide bonds. The number of fused-ring (bicyclic) bond motifs is 2. The van der Waals surface area contributed by atoms with Gasteiger partial charge in [0.05, 0.1) is 24.1 Å². The van der Waals surface area contributed by atoms with E-state index in [0.29, 0.717) is 42.7 Å². The average Bonchev–Trinajstić information content (AvgIpc) is 2.75. The van der Waals surface area contributed by atoms with Crippen molar-refractivity contribution in [1.82, 2.24) is 10.2 Å². The first-order chi connectivity index (χ1) is 15.6. The minimum absolute atomic E-state index is 0.109. The standard InChI is InChI=1S/C22H28F3N3O5/c1-3-4-19(29)27-13-5-8-17-15(9-13)21(31)28(2)16-7-6-14(33-18(16)11-32-17)10-20(30)26-12-22(23,24)25/h5,8-9,14,16,18H,3-4,6-7,10-12H2,1-2H3,(H,26,30)(H,27,29)/t14-,16+,18-/m0/s1. The predicted octanol–water partition coefficient (Wildman–Crippen LogP) is 2.87. The zero-order valence-electron chi connectivity index (χ0n) is 18.5. The summed E-state index contributed by atoms with van der Waals surface area (Å²) in [5, 5.41) is 4.62. The summed E-state index contributed by atoms with van der Waals surface area (Å²) < 4.78 is 48.7. The fraction of sp³-hybridized carbons (Fsp3) is 0.591. The van der Waals surface area contributed by atoms with Crippen molar-refractivity contribution in [3.63, 3.8) is 0 Å². The summed E-state index contributed by atoms with van der Waals surface area (Å²) in [4.78, 5) is 38.5. The predicted molar refractivity (Wildman–Crippen MR) is 113 cm³/mol. The van der Waals surface area contributed by atoms with E-state index >= 15 is 0 Å². The Labute approximate surface area is 189 Å². The van der Waals surface area contributed by atoms with Gasteiger partial charge in [-0.1, -0.05) is 6.92 Å². The van der Waals surface area contributed by atoms with E-state index < -0.39 is 30.8 Å². The van der Waals surface area contributed by atoms with Gasteiger partial charge >= 0.3 is 6.18 Å². The maximum Gasteiger partial charge on any atom is 0.405 e. The number of benzene rings is 1. The van der Waals surface area contributed by atoms with E-state index in [0.717, 1.165) is 0 Å². The lowest BCUT2D eigenvalue weighted by atomic mass is 9.94. The molecule has 1 fully saturated rings. The number of nitrogens with zero attached hydrogens (tertiary/aromatic N) is 1. The molecule has 182 valence electrons. The Morgan fingerprint density at radius 2 is 1.97 bits per heavy atom. The normalized spacial score (nSPS) is 22.9. The van der Waals surface area contributed by atoms with Gasteiger partial charge in [-0.2, -0.15) is 13.2 Å². The molecule has 1 aromatic rings. The molecular formula is C22H28F3N3O5. The highest BCUT2D eigenvalue weighted by Gasteiger charge is 2.39. The van der Waals surface area contributed by atoms with Crippen molar-refractivity contribution in [2.45, 2.75) is 63.5 Å². The summed E-state index contributed by atoms with van der Waals surface area (Å²) in [5.74, 6) is -0.838. The maximum absolute atomic E-state index is 13.2. The van der Waals surface area contributed by atoms with E-state index in [4.69, 9.17) is 9.47 Å². The molecule has 0 aromatic heterocycles. The topological polar surface area (TPSA) is 97.0 Å². The SMILES string of the molecule is CCCC(=O)Nc1ccc2c(c1)C(=O)N(C)[C@@H]1CC[C@@H](CC(=O)NCC(F)(F)F)O[C@H]1CO2. The van der Waals surface area contributed by atoms with Crippen LogP contribution in [0.3, 0.4) is 0 Å². The van der Waals surface area contributed by atoms with Gasteiger partial charge in [-0.15, -0.1) is 0 Å². The number of alkyl halides is 3. The molecule has 0 aliphatic carbocycles. The lowest BCUT2D eigenvalue weighted by Gasteiger charge is -2.42. The molecule has 11 heteroatoms. The largest absolute Gasteiger partial charge is 0.490 e. The van der Waals surface area contributed by atoms with E-state index in [1.165, 1.54) is 0 Å². The Bertz CT molecular complexity index is 893. The number of nitrogens with one attached hydrogen (secondary N) is 2. The minimum Gasteiger partial charge on any atom is -0.490 e. The molecule has 2 aliphatic heterocycles. The van der Waals surface area contributed by atoms with Crippen LogP contribution in [0.5, 0.6) is 5.75 Å². The van der Waals surface area contributed by atoms with Gasteiger partial charge in [-0.25, -0.2) is 0 Å². The van der Waals surface area contributed by atoms with Crippen molar-refractivity contribution >= 4 is 23.4 Å². The van der Waals surface area contributed by atoms with Crippen LogP contribution in [-0.2, 0) is 14.3 Å². The smallest absolute Gasteiger partial charge is 0.405 e. The monoisotopic (exact) mass is 471 g/mol. The molecular weight excluding hydrogens is 443 g/mol. The molecule has 3 rings (SSSR count). The highest BCUT2D eigenvalue weighted by atomic mass is 19.4. The van der Waals surface area contributed by atoms with Gasteiger partial charge in [0.15, 0.2) is 0 Å². The lowest BCUT2D eigenvalue weighted by molar-refractivity contribution is -0.144. The number of hydrogen-bond acceptors (Lipinski definition) is 5. The van der Waals surface area contributed by atoms with Crippen molar-refractivity contribution in [2.24, 2.45) is 0 Å². The van der Waals surface area contributed by atoms with Crippen LogP contribution in [0.2, 0.25) is 0 Å². The Balaban J connectivity index is 1.67. The molecule has 1 aromatic carbocycles. The number of ether oxygens (including phenoxy) is 2. The summed E-state index contributed by atoms with van der Waals surface area (Å²) in [6.07, 6.45) is -3.78. The summed E-state index contributed by atoms with van der Waals surface area (Å²) in [5.41, 5.74) is 0.818. The summed E-state index contributed by atoms with van der Waals surface area (Å²) >= 11 is 0. The molecule has 2 heterocycles. The zero-order valence-corrected chi connectivity index (χ0v) is 18.5.